The molecule has 2 rings (SSSR count). The van der Waals surface area contributed by atoms with Gasteiger partial charge in [0.2, 0.25) is 5.91 Å². The topological polar surface area (TPSA) is 64.0 Å². The number of carbonyl (C=O) groups excluding carboxylic acids is 1. The Bertz CT molecular complexity index is 667. The molecule has 0 aromatic carbocycles. The highest BCUT2D eigenvalue weighted by Crippen LogP contribution is 2.17. The van der Waals surface area contributed by atoms with E-state index < -0.39 is 0 Å². The first-order valence-electron chi connectivity index (χ1n) is 5.64. The molecule has 19 heavy (non-hydrogen) atoms. The van der Waals surface area contributed by atoms with E-state index in [-0.39, 0.29) is 23.2 Å². The molecule has 2 aromatic heterocycles. The molecule has 6 heteroatoms. The Morgan fingerprint density at radius 3 is 2.95 bits per heavy atom. The lowest BCUT2D eigenvalue weighted by atomic mass is 10.3. The Hall–Kier alpha value is -2.14. The van der Waals surface area contributed by atoms with E-state index in [4.69, 9.17) is 11.6 Å². The molecule has 0 atom stereocenters. The second-order valence-corrected chi connectivity index (χ2v) is 4.37. The smallest absolute Gasteiger partial charge is 0.253 e. The highest BCUT2D eigenvalue weighted by molar-refractivity contribution is 6.32. The molecule has 0 aliphatic carbocycles. The standard InChI is InChI=1S/C13H12ClN3O2/c1-9-4-3-7-17(13(9)19)8-11(18)16-10-5-2-6-15-12(10)14/h2-7H,8H2,1H3,(H,16,18). The van der Waals surface area contributed by atoms with Gasteiger partial charge in [-0.2, -0.15) is 0 Å². The summed E-state index contributed by atoms with van der Waals surface area (Å²) >= 11 is 5.83. The Morgan fingerprint density at radius 1 is 1.42 bits per heavy atom. The molecule has 2 aromatic rings. The lowest BCUT2D eigenvalue weighted by Gasteiger charge is -2.08. The summed E-state index contributed by atoms with van der Waals surface area (Å²) in [5, 5.41) is 2.83. The fourth-order valence-electron chi connectivity index (χ4n) is 1.60. The Morgan fingerprint density at radius 2 is 2.21 bits per heavy atom. The number of hydrogen-bond donors (Lipinski definition) is 1. The van der Waals surface area contributed by atoms with Crippen molar-refractivity contribution in [2.45, 2.75) is 13.5 Å². The number of amides is 1. The number of carbonyl (C=O) groups is 1. The normalized spacial score (nSPS) is 10.2. The van der Waals surface area contributed by atoms with Gasteiger partial charge < -0.3 is 9.88 Å². The number of halogens is 1. The second kappa shape index (κ2) is 5.67. The van der Waals surface area contributed by atoms with Crippen LogP contribution in [0.1, 0.15) is 5.56 Å². The van der Waals surface area contributed by atoms with Crippen LogP contribution in [0.3, 0.4) is 0 Å². The van der Waals surface area contributed by atoms with Crippen LogP contribution in [-0.4, -0.2) is 15.5 Å². The number of rotatable bonds is 3. The molecule has 0 aliphatic heterocycles. The Balaban J connectivity index is 2.12. The SMILES string of the molecule is Cc1cccn(CC(=O)Nc2cccnc2Cl)c1=O. The van der Waals surface area contributed by atoms with Crippen LogP contribution >= 0.6 is 11.6 Å². The summed E-state index contributed by atoms with van der Waals surface area (Å²) in [5.41, 5.74) is 0.833. The van der Waals surface area contributed by atoms with Crippen molar-refractivity contribution in [2.24, 2.45) is 0 Å². The van der Waals surface area contributed by atoms with E-state index in [9.17, 15) is 9.59 Å². The summed E-state index contributed by atoms with van der Waals surface area (Å²) in [4.78, 5) is 27.5. The largest absolute Gasteiger partial charge is 0.322 e. The predicted octanol–water partition coefficient (Wildman–Crippen LogP) is 1.84. The highest BCUT2D eigenvalue weighted by Gasteiger charge is 2.08. The minimum atomic E-state index is -0.331. The monoisotopic (exact) mass is 277 g/mol. The number of nitrogens with one attached hydrogen (secondary N) is 1. The number of anilines is 1. The van der Waals surface area contributed by atoms with E-state index in [0.29, 0.717) is 11.3 Å². The highest BCUT2D eigenvalue weighted by atomic mass is 35.5. The van der Waals surface area contributed by atoms with Crippen molar-refractivity contribution in [3.63, 3.8) is 0 Å². The van der Waals surface area contributed by atoms with E-state index in [0.717, 1.165) is 0 Å². The number of hydrogen-bond acceptors (Lipinski definition) is 3. The van der Waals surface area contributed by atoms with Crippen LogP contribution in [0.25, 0.3) is 0 Å². The molecular weight excluding hydrogens is 266 g/mol. The molecule has 0 radical (unpaired) electrons. The van der Waals surface area contributed by atoms with E-state index in [1.165, 1.54) is 10.8 Å². The number of aryl methyl sites for hydroxylation is 1. The van der Waals surface area contributed by atoms with Crippen LogP contribution < -0.4 is 10.9 Å². The van der Waals surface area contributed by atoms with Crippen LogP contribution in [0.5, 0.6) is 0 Å². The summed E-state index contributed by atoms with van der Waals surface area (Å²) in [6.45, 7) is 1.64. The van der Waals surface area contributed by atoms with Crippen molar-refractivity contribution in [1.82, 2.24) is 9.55 Å². The van der Waals surface area contributed by atoms with Gasteiger partial charge in [-0.25, -0.2) is 4.98 Å². The molecular formula is C13H12ClN3O2. The van der Waals surface area contributed by atoms with Crippen molar-refractivity contribution in [3.8, 4) is 0 Å². The molecule has 0 saturated heterocycles. The van der Waals surface area contributed by atoms with E-state index in [1.54, 1.807) is 37.4 Å². The summed E-state index contributed by atoms with van der Waals surface area (Å²) in [5.74, 6) is -0.331. The minimum absolute atomic E-state index is 0.0638. The summed E-state index contributed by atoms with van der Waals surface area (Å²) < 4.78 is 1.34. The third kappa shape index (κ3) is 3.20. The third-order valence-corrected chi connectivity index (χ3v) is 2.86. The van der Waals surface area contributed by atoms with Crippen LogP contribution in [-0.2, 0) is 11.3 Å². The number of pyridine rings is 2. The predicted molar refractivity (Wildman–Crippen MR) is 73.3 cm³/mol. The van der Waals surface area contributed by atoms with Gasteiger partial charge >= 0.3 is 0 Å². The van der Waals surface area contributed by atoms with Crippen molar-refractivity contribution < 1.29 is 4.79 Å². The van der Waals surface area contributed by atoms with Crippen LogP contribution in [0.4, 0.5) is 5.69 Å². The van der Waals surface area contributed by atoms with Gasteiger partial charge in [-0.3, -0.25) is 9.59 Å². The van der Waals surface area contributed by atoms with E-state index in [1.807, 2.05) is 0 Å². The fourth-order valence-corrected chi connectivity index (χ4v) is 1.77. The number of nitrogens with zero attached hydrogens (tertiary/aromatic N) is 2. The first-order valence-corrected chi connectivity index (χ1v) is 6.02. The lowest BCUT2D eigenvalue weighted by Crippen LogP contribution is -2.28. The maximum atomic E-state index is 11.8. The van der Waals surface area contributed by atoms with E-state index >= 15 is 0 Å². The van der Waals surface area contributed by atoms with Gasteiger partial charge in [0.25, 0.3) is 5.56 Å². The molecule has 0 spiro atoms. The molecule has 0 aliphatic rings. The van der Waals surface area contributed by atoms with Crippen LogP contribution in [0.2, 0.25) is 5.15 Å². The zero-order valence-electron chi connectivity index (χ0n) is 10.3. The third-order valence-electron chi connectivity index (χ3n) is 2.56. The molecule has 1 amide bonds. The first-order chi connectivity index (χ1) is 9.08. The average molecular weight is 278 g/mol. The molecule has 5 nitrogen and oxygen atoms in total. The Kier molecular flexibility index (Phi) is 3.97. The molecule has 2 heterocycles. The molecule has 1 N–H and O–H groups in total. The van der Waals surface area contributed by atoms with Crippen molar-refractivity contribution in [2.75, 3.05) is 5.32 Å². The summed E-state index contributed by atoms with van der Waals surface area (Å²) in [6, 6.07) is 6.74. The van der Waals surface area contributed by atoms with E-state index in [2.05, 4.69) is 10.3 Å². The maximum Gasteiger partial charge on any atom is 0.253 e. The maximum absolute atomic E-state index is 11.8. The van der Waals surface area contributed by atoms with Gasteiger partial charge in [0.1, 0.15) is 6.54 Å². The first kappa shape index (κ1) is 13.3. The van der Waals surface area contributed by atoms with Crippen LogP contribution in [0.15, 0.2) is 41.5 Å². The molecule has 0 fully saturated rings. The molecule has 98 valence electrons. The van der Waals surface area contributed by atoms with Gasteiger partial charge in [0, 0.05) is 18.0 Å². The minimum Gasteiger partial charge on any atom is -0.322 e. The molecule has 0 unspecified atom stereocenters. The zero-order valence-corrected chi connectivity index (χ0v) is 11.0. The van der Waals surface area contributed by atoms with Crippen molar-refractivity contribution in [1.29, 1.82) is 0 Å². The van der Waals surface area contributed by atoms with Gasteiger partial charge in [-0.15, -0.1) is 0 Å². The van der Waals surface area contributed by atoms with Gasteiger partial charge in [-0.1, -0.05) is 17.7 Å². The molecule has 0 saturated carbocycles. The van der Waals surface area contributed by atoms with Crippen molar-refractivity contribution in [3.05, 3.63) is 57.7 Å². The van der Waals surface area contributed by atoms with Gasteiger partial charge in [0.05, 0.1) is 5.69 Å². The fraction of sp³-hybridized carbons (Fsp3) is 0.154. The van der Waals surface area contributed by atoms with Crippen LogP contribution in [0, 0.1) is 6.92 Å². The van der Waals surface area contributed by atoms with Crippen molar-refractivity contribution >= 4 is 23.2 Å². The quantitative estimate of drug-likeness (QED) is 0.871. The lowest BCUT2D eigenvalue weighted by molar-refractivity contribution is -0.116. The summed E-state index contributed by atoms with van der Waals surface area (Å²) in [6.07, 6.45) is 3.10. The Labute approximate surface area is 114 Å². The zero-order chi connectivity index (χ0) is 13.8. The van der Waals surface area contributed by atoms with Gasteiger partial charge in [-0.05, 0) is 25.1 Å². The second-order valence-electron chi connectivity index (χ2n) is 4.01. The number of aromatic nitrogens is 2. The average Bonchev–Trinajstić information content (AvgIpc) is 2.38. The molecule has 0 bridgehead atoms. The summed E-state index contributed by atoms with van der Waals surface area (Å²) in [7, 11) is 0. The van der Waals surface area contributed by atoms with Gasteiger partial charge in [0.15, 0.2) is 5.15 Å².